The molecular formula is C12H16BrNO2S. The topological polar surface area (TPSA) is 60.2 Å². The van der Waals surface area contributed by atoms with Crippen LogP contribution in [0, 0.1) is 0 Å². The van der Waals surface area contributed by atoms with Crippen LogP contribution >= 0.6 is 15.9 Å². The van der Waals surface area contributed by atoms with Gasteiger partial charge in [0.25, 0.3) is 0 Å². The van der Waals surface area contributed by atoms with Crippen molar-refractivity contribution >= 4 is 25.8 Å². The summed E-state index contributed by atoms with van der Waals surface area (Å²) in [6.07, 6.45) is 2.96. The van der Waals surface area contributed by atoms with Crippen molar-refractivity contribution in [2.24, 2.45) is 5.73 Å². The van der Waals surface area contributed by atoms with E-state index in [9.17, 15) is 8.42 Å². The Bertz CT molecular complexity index is 493. The molecule has 0 amide bonds. The van der Waals surface area contributed by atoms with E-state index in [-0.39, 0.29) is 11.3 Å². The number of sulfone groups is 1. The van der Waals surface area contributed by atoms with Crippen LogP contribution in [0.15, 0.2) is 33.6 Å². The monoisotopic (exact) mass is 317 g/mol. The average molecular weight is 318 g/mol. The number of rotatable bonds is 2. The zero-order chi connectivity index (χ0) is 12.5. The summed E-state index contributed by atoms with van der Waals surface area (Å²) >= 11 is 3.30. The highest BCUT2D eigenvalue weighted by molar-refractivity contribution is 9.10. The molecule has 0 unspecified atom stereocenters. The van der Waals surface area contributed by atoms with E-state index in [4.69, 9.17) is 5.73 Å². The molecule has 1 fully saturated rings. The van der Waals surface area contributed by atoms with Gasteiger partial charge in [0.2, 0.25) is 0 Å². The molecule has 0 radical (unpaired) electrons. The number of nitrogens with two attached hydrogens (primary N) is 1. The highest BCUT2D eigenvalue weighted by Crippen LogP contribution is 2.29. The van der Waals surface area contributed by atoms with Gasteiger partial charge < -0.3 is 5.73 Å². The maximum absolute atomic E-state index is 12.4. The van der Waals surface area contributed by atoms with Crippen molar-refractivity contribution in [1.82, 2.24) is 0 Å². The molecule has 1 aliphatic rings. The predicted octanol–water partition coefficient (Wildman–Crippen LogP) is 2.49. The van der Waals surface area contributed by atoms with Crippen molar-refractivity contribution < 1.29 is 8.42 Å². The SMILES string of the molecule is NC1CCC(S(=O)(=O)c2cccc(Br)c2)CC1. The molecule has 0 saturated heterocycles. The molecule has 0 atom stereocenters. The van der Waals surface area contributed by atoms with Crippen LogP contribution in [-0.2, 0) is 9.84 Å². The van der Waals surface area contributed by atoms with E-state index >= 15 is 0 Å². The van der Waals surface area contributed by atoms with Gasteiger partial charge in [-0.05, 0) is 43.9 Å². The largest absolute Gasteiger partial charge is 0.328 e. The predicted molar refractivity (Wildman–Crippen MR) is 71.6 cm³/mol. The Morgan fingerprint density at radius 2 is 1.82 bits per heavy atom. The van der Waals surface area contributed by atoms with Crippen LogP contribution in [0.3, 0.4) is 0 Å². The van der Waals surface area contributed by atoms with Gasteiger partial charge in [-0.1, -0.05) is 22.0 Å². The highest BCUT2D eigenvalue weighted by Gasteiger charge is 2.30. The molecular weight excluding hydrogens is 302 g/mol. The van der Waals surface area contributed by atoms with Gasteiger partial charge in [-0.15, -0.1) is 0 Å². The lowest BCUT2D eigenvalue weighted by atomic mass is 9.96. The maximum atomic E-state index is 12.4. The van der Waals surface area contributed by atoms with Gasteiger partial charge in [0, 0.05) is 10.5 Å². The van der Waals surface area contributed by atoms with Crippen molar-refractivity contribution in [1.29, 1.82) is 0 Å². The van der Waals surface area contributed by atoms with Crippen molar-refractivity contribution in [3.05, 3.63) is 28.7 Å². The summed E-state index contributed by atoms with van der Waals surface area (Å²) in [6, 6.07) is 7.09. The van der Waals surface area contributed by atoms with Crippen LogP contribution in [0.5, 0.6) is 0 Å². The fourth-order valence-electron chi connectivity index (χ4n) is 2.24. The van der Waals surface area contributed by atoms with Crippen molar-refractivity contribution in [3.8, 4) is 0 Å². The Hall–Kier alpha value is -0.390. The van der Waals surface area contributed by atoms with E-state index in [2.05, 4.69) is 15.9 Å². The third kappa shape index (κ3) is 2.89. The van der Waals surface area contributed by atoms with E-state index in [0.29, 0.717) is 17.7 Å². The maximum Gasteiger partial charge on any atom is 0.181 e. The van der Waals surface area contributed by atoms with Crippen LogP contribution in [0.25, 0.3) is 0 Å². The zero-order valence-electron chi connectivity index (χ0n) is 9.47. The first-order valence-electron chi connectivity index (χ1n) is 5.75. The van der Waals surface area contributed by atoms with Crippen molar-refractivity contribution in [3.63, 3.8) is 0 Å². The average Bonchev–Trinajstić information content (AvgIpc) is 2.29. The molecule has 0 aromatic heterocycles. The molecule has 1 aliphatic carbocycles. The minimum absolute atomic E-state index is 0.170. The Balaban J connectivity index is 2.25. The summed E-state index contributed by atoms with van der Waals surface area (Å²) < 4.78 is 25.6. The molecule has 94 valence electrons. The third-order valence-electron chi connectivity index (χ3n) is 3.28. The van der Waals surface area contributed by atoms with E-state index in [1.165, 1.54) is 0 Å². The Labute approximate surface area is 110 Å². The number of hydrogen-bond acceptors (Lipinski definition) is 3. The normalized spacial score (nSPS) is 25.8. The standard InChI is InChI=1S/C12H16BrNO2S/c13-9-2-1-3-12(8-9)17(15,16)11-6-4-10(14)5-7-11/h1-3,8,10-11H,4-7,14H2. The minimum Gasteiger partial charge on any atom is -0.328 e. The van der Waals surface area contributed by atoms with Crippen molar-refractivity contribution in [2.75, 3.05) is 0 Å². The van der Waals surface area contributed by atoms with Gasteiger partial charge in [-0.25, -0.2) is 8.42 Å². The highest BCUT2D eigenvalue weighted by atomic mass is 79.9. The van der Waals surface area contributed by atoms with Gasteiger partial charge in [-0.3, -0.25) is 0 Å². The lowest BCUT2D eigenvalue weighted by molar-refractivity contribution is 0.433. The Morgan fingerprint density at radius 3 is 2.41 bits per heavy atom. The van der Waals surface area contributed by atoms with Crippen LogP contribution in [-0.4, -0.2) is 19.7 Å². The molecule has 0 bridgehead atoms. The minimum atomic E-state index is -3.19. The lowest BCUT2D eigenvalue weighted by Crippen LogP contribution is -2.33. The fraction of sp³-hybridized carbons (Fsp3) is 0.500. The Morgan fingerprint density at radius 1 is 1.18 bits per heavy atom. The second-order valence-corrected chi connectivity index (χ2v) is 7.68. The number of hydrogen-bond donors (Lipinski definition) is 1. The molecule has 17 heavy (non-hydrogen) atoms. The van der Waals surface area contributed by atoms with Gasteiger partial charge in [0.05, 0.1) is 10.1 Å². The molecule has 2 N–H and O–H groups in total. The third-order valence-corrected chi connectivity index (χ3v) is 6.04. The summed E-state index contributed by atoms with van der Waals surface area (Å²) in [5, 5.41) is -0.267. The Kier molecular flexibility index (Phi) is 3.90. The molecule has 3 nitrogen and oxygen atoms in total. The van der Waals surface area contributed by atoms with E-state index in [1.807, 2.05) is 6.07 Å². The first-order chi connectivity index (χ1) is 8.00. The molecule has 2 rings (SSSR count). The summed E-state index contributed by atoms with van der Waals surface area (Å²) in [7, 11) is -3.19. The van der Waals surface area contributed by atoms with E-state index < -0.39 is 9.84 Å². The first-order valence-corrected chi connectivity index (χ1v) is 8.09. The van der Waals surface area contributed by atoms with Crippen molar-refractivity contribution in [2.45, 2.75) is 41.9 Å². The zero-order valence-corrected chi connectivity index (χ0v) is 11.9. The van der Waals surface area contributed by atoms with Gasteiger partial charge in [0.15, 0.2) is 9.84 Å². The van der Waals surface area contributed by atoms with Gasteiger partial charge >= 0.3 is 0 Å². The second kappa shape index (κ2) is 5.08. The molecule has 5 heteroatoms. The van der Waals surface area contributed by atoms with Gasteiger partial charge in [-0.2, -0.15) is 0 Å². The summed E-state index contributed by atoms with van der Waals surface area (Å²) in [6.45, 7) is 0. The molecule has 0 spiro atoms. The second-order valence-electron chi connectivity index (χ2n) is 4.54. The van der Waals surface area contributed by atoms with Crippen LogP contribution in [0.2, 0.25) is 0 Å². The summed E-state index contributed by atoms with van der Waals surface area (Å²) in [5.74, 6) is 0. The fourth-order valence-corrected chi connectivity index (χ4v) is 4.62. The number of benzene rings is 1. The van der Waals surface area contributed by atoms with E-state index in [0.717, 1.165) is 17.3 Å². The molecule has 1 aromatic rings. The van der Waals surface area contributed by atoms with Gasteiger partial charge in [0.1, 0.15) is 0 Å². The summed E-state index contributed by atoms with van der Waals surface area (Å²) in [4.78, 5) is 0.410. The molecule has 0 aliphatic heterocycles. The van der Waals surface area contributed by atoms with Crippen LogP contribution in [0.1, 0.15) is 25.7 Å². The summed E-state index contributed by atoms with van der Waals surface area (Å²) in [5.41, 5.74) is 5.80. The lowest BCUT2D eigenvalue weighted by Gasteiger charge is -2.25. The number of halogens is 1. The first kappa shape index (κ1) is 13.1. The molecule has 1 saturated carbocycles. The van der Waals surface area contributed by atoms with Crippen LogP contribution < -0.4 is 5.73 Å². The molecule has 0 heterocycles. The molecule has 1 aromatic carbocycles. The van der Waals surface area contributed by atoms with E-state index in [1.54, 1.807) is 18.2 Å². The smallest absolute Gasteiger partial charge is 0.181 e. The quantitative estimate of drug-likeness (QED) is 0.911. The van der Waals surface area contributed by atoms with Crippen LogP contribution in [0.4, 0.5) is 0 Å².